The van der Waals surface area contributed by atoms with Gasteiger partial charge in [-0.3, -0.25) is 9.36 Å². The van der Waals surface area contributed by atoms with Crippen LogP contribution in [0.3, 0.4) is 0 Å². The third kappa shape index (κ3) is 2.52. The Kier molecular flexibility index (Phi) is 3.23. The number of carbonyl (C=O) groups excluding carboxylic acids is 1. The molecule has 0 aromatic carbocycles. The van der Waals surface area contributed by atoms with Gasteiger partial charge in [-0.15, -0.1) is 0 Å². The number of hydrogen-bond donors (Lipinski definition) is 0. The van der Waals surface area contributed by atoms with E-state index in [0.29, 0.717) is 6.42 Å². The Hall–Kier alpha value is -1.69. The summed E-state index contributed by atoms with van der Waals surface area (Å²) in [5, 5.41) is 0. The van der Waals surface area contributed by atoms with Gasteiger partial charge in [0.2, 0.25) is 0 Å². The van der Waals surface area contributed by atoms with Crippen molar-refractivity contribution in [2.75, 3.05) is 0 Å². The van der Waals surface area contributed by atoms with E-state index < -0.39 is 6.23 Å². The van der Waals surface area contributed by atoms with E-state index in [2.05, 4.69) is 4.98 Å². The lowest BCUT2D eigenvalue weighted by molar-refractivity contribution is -0.148. The molecule has 92 valence electrons. The predicted octanol–water partition coefficient (Wildman–Crippen LogP) is 0.482. The molecule has 1 aromatic rings. The van der Waals surface area contributed by atoms with Crippen molar-refractivity contribution in [3.8, 4) is 0 Å². The molecule has 1 aliphatic heterocycles. The lowest BCUT2D eigenvalue weighted by atomic mass is 10.2. The molecule has 0 amide bonds. The summed E-state index contributed by atoms with van der Waals surface area (Å²) in [4.78, 5) is 26.1. The third-order valence-corrected chi connectivity index (χ3v) is 2.70. The highest BCUT2D eigenvalue weighted by molar-refractivity contribution is 5.66. The fourth-order valence-corrected chi connectivity index (χ4v) is 1.91. The van der Waals surface area contributed by atoms with Gasteiger partial charge in [0.25, 0.3) is 0 Å². The van der Waals surface area contributed by atoms with Crippen LogP contribution in [-0.2, 0) is 14.3 Å². The summed E-state index contributed by atoms with van der Waals surface area (Å²) < 4.78 is 12.1. The van der Waals surface area contributed by atoms with Crippen LogP contribution in [0.15, 0.2) is 23.3 Å². The van der Waals surface area contributed by atoms with E-state index in [-0.39, 0.29) is 23.9 Å². The number of rotatable bonds is 2. The number of hydrogen-bond acceptors (Lipinski definition) is 5. The van der Waals surface area contributed by atoms with E-state index in [1.165, 1.54) is 17.7 Å². The average Bonchev–Trinajstić information content (AvgIpc) is 2.60. The second-order valence-electron chi connectivity index (χ2n) is 3.99. The molecule has 6 heteroatoms. The molecule has 1 saturated heterocycles. The highest BCUT2D eigenvalue weighted by Gasteiger charge is 2.35. The Balaban J connectivity index is 2.14. The minimum Gasteiger partial charge on any atom is -0.460 e. The maximum absolute atomic E-state index is 11.5. The number of esters is 1. The standard InChI is InChI=1S/C11H14N2O4/c1-7-9(17-8(2)14)6-10(16-7)13-5-3-4-12-11(13)15/h3-5,7,9-10H,6H2,1-2H3. The second-order valence-corrected chi connectivity index (χ2v) is 3.99. The maximum atomic E-state index is 11.5. The molecule has 0 spiro atoms. The van der Waals surface area contributed by atoms with Gasteiger partial charge in [0.1, 0.15) is 12.3 Å². The molecule has 0 N–H and O–H groups in total. The van der Waals surface area contributed by atoms with Crippen molar-refractivity contribution >= 4 is 5.97 Å². The molecular formula is C11H14N2O4. The molecule has 17 heavy (non-hydrogen) atoms. The lowest BCUT2D eigenvalue weighted by Gasteiger charge is -2.12. The van der Waals surface area contributed by atoms with E-state index >= 15 is 0 Å². The summed E-state index contributed by atoms with van der Waals surface area (Å²) in [6, 6.07) is 1.66. The largest absolute Gasteiger partial charge is 0.460 e. The normalized spacial score (nSPS) is 28.0. The van der Waals surface area contributed by atoms with E-state index in [9.17, 15) is 9.59 Å². The summed E-state index contributed by atoms with van der Waals surface area (Å²) in [5.41, 5.74) is -0.367. The van der Waals surface area contributed by atoms with Crippen LogP contribution in [0.4, 0.5) is 0 Å². The molecule has 6 nitrogen and oxygen atoms in total. The number of nitrogens with zero attached hydrogens (tertiary/aromatic N) is 2. The molecule has 1 aliphatic rings. The van der Waals surface area contributed by atoms with Crippen molar-refractivity contribution in [2.45, 2.75) is 38.7 Å². The minimum absolute atomic E-state index is 0.226. The first-order chi connectivity index (χ1) is 8.08. The van der Waals surface area contributed by atoms with Crippen LogP contribution >= 0.6 is 0 Å². The fourth-order valence-electron chi connectivity index (χ4n) is 1.91. The Labute approximate surface area is 98.2 Å². The zero-order chi connectivity index (χ0) is 12.4. The molecular weight excluding hydrogens is 224 g/mol. The zero-order valence-corrected chi connectivity index (χ0v) is 9.70. The Morgan fingerprint density at radius 2 is 2.41 bits per heavy atom. The molecule has 0 saturated carbocycles. The minimum atomic E-state index is -0.421. The van der Waals surface area contributed by atoms with Gasteiger partial charge in [-0.25, -0.2) is 9.78 Å². The first-order valence-electron chi connectivity index (χ1n) is 5.44. The number of aromatic nitrogens is 2. The van der Waals surface area contributed by atoms with Gasteiger partial charge in [0, 0.05) is 25.7 Å². The van der Waals surface area contributed by atoms with E-state index in [1.807, 2.05) is 6.92 Å². The molecule has 2 rings (SSSR count). The van der Waals surface area contributed by atoms with Crippen molar-refractivity contribution in [2.24, 2.45) is 0 Å². The Morgan fingerprint density at radius 3 is 3.06 bits per heavy atom. The summed E-state index contributed by atoms with van der Waals surface area (Å²) in [6.45, 7) is 3.17. The Morgan fingerprint density at radius 1 is 1.65 bits per heavy atom. The van der Waals surface area contributed by atoms with Gasteiger partial charge >= 0.3 is 11.7 Å². The summed E-state index contributed by atoms with van der Waals surface area (Å²) in [6.07, 6.45) is 2.55. The van der Waals surface area contributed by atoms with Crippen LogP contribution in [0.1, 0.15) is 26.5 Å². The quantitative estimate of drug-likeness (QED) is 0.701. The molecule has 3 atom stereocenters. The third-order valence-electron chi connectivity index (χ3n) is 2.70. The Bertz CT molecular complexity index is 471. The van der Waals surface area contributed by atoms with E-state index in [0.717, 1.165) is 0 Å². The molecule has 0 bridgehead atoms. The van der Waals surface area contributed by atoms with Crippen molar-refractivity contribution in [1.29, 1.82) is 0 Å². The topological polar surface area (TPSA) is 70.4 Å². The van der Waals surface area contributed by atoms with Crippen LogP contribution < -0.4 is 5.69 Å². The summed E-state index contributed by atoms with van der Waals surface area (Å²) >= 11 is 0. The molecule has 0 radical (unpaired) electrons. The monoisotopic (exact) mass is 238 g/mol. The van der Waals surface area contributed by atoms with Crippen LogP contribution in [0.5, 0.6) is 0 Å². The second kappa shape index (κ2) is 4.67. The van der Waals surface area contributed by atoms with Crippen molar-refractivity contribution < 1.29 is 14.3 Å². The van der Waals surface area contributed by atoms with E-state index in [4.69, 9.17) is 9.47 Å². The average molecular weight is 238 g/mol. The predicted molar refractivity (Wildman–Crippen MR) is 58.3 cm³/mol. The van der Waals surface area contributed by atoms with Crippen molar-refractivity contribution in [1.82, 2.24) is 9.55 Å². The van der Waals surface area contributed by atoms with Crippen LogP contribution in [-0.4, -0.2) is 27.7 Å². The van der Waals surface area contributed by atoms with Crippen molar-refractivity contribution in [3.63, 3.8) is 0 Å². The highest BCUT2D eigenvalue weighted by atomic mass is 16.6. The summed E-state index contributed by atoms with van der Waals surface area (Å²) in [5.74, 6) is -0.343. The molecule has 2 heterocycles. The van der Waals surface area contributed by atoms with Crippen LogP contribution in [0.2, 0.25) is 0 Å². The first-order valence-corrected chi connectivity index (χ1v) is 5.44. The fraction of sp³-hybridized carbons (Fsp3) is 0.545. The summed E-state index contributed by atoms with van der Waals surface area (Å²) in [7, 11) is 0. The van der Waals surface area contributed by atoms with Gasteiger partial charge in [0.05, 0.1) is 6.10 Å². The maximum Gasteiger partial charge on any atom is 0.349 e. The van der Waals surface area contributed by atoms with Gasteiger partial charge in [-0.1, -0.05) is 0 Å². The molecule has 1 fully saturated rings. The van der Waals surface area contributed by atoms with Gasteiger partial charge in [-0.2, -0.15) is 0 Å². The van der Waals surface area contributed by atoms with Crippen LogP contribution in [0, 0.1) is 0 Å². The molecule has 0 aliphatic carbocycles. The van der Waals surface area contributed by atoms with Gasteiger partial charge < -0.3 is 9.47 Å². The zero-order valence-electron chi connectivity index (χ0n) is 9.70. The first kappa shape index (κ1) is 11.8. The molecule has 3 unspecified atom stereocenters. The smallest absolute Gasteiger partial charge is 0.349 e. The van der Waals surface area contributed by atoms with Gasteiger partial charge in [-0.05, 0) is 13.0 Å². The van der Waals surface area contributed by atoms with Crippen LogP contribution in [0.25, 0.3) is 0 Å². The van der Waals surface area contributed by atoms with Gasteiger partial charge in [0.15, 0.2) is 0 Å². The molecule has 1 aromatic heterocycles. The number of carbonyl (C=O) groups is 1. The highest BCUT2D eigenvalue weighted by Crippen LogP contribution is 2.29. The SMILES string of the molecule is CC(=O)OC1CC(n2cccnc2=O)OC1C. The van der Waals surface area contributed by atoms with Crippen molar-refractivity contribution in [3.05, 3.63) is 28.9 Å². The lowest BCUT2D eigenvalue weighted by Crippen LogP contribution is -2.26. The number of ether oxygens (including phenoxy) is 2. The van der Waals surface area contributed by atoms with E-state index in [1.54, 1.807) is 12.3 Å².